The van der Waals surface area contributed by atoms with Crippen LogP contribution in [0.15, 0.2) is 54.6 Å². The zero-order chi connectivity index (χ0) is 17.3. The number of epoxide rings is 1. The zero-order valence-corrected chi connectivity index (χ0v) is 14.7. The molecule has 0 spiro atoms. The summed E-state index contributed by atoms with van der Waals surface area (Å²) in [5, 5.41) is 0. The second-order valence-electron chi connectivity index (χ2n) is 6.25. The smallest absolute Gasteiger partial charge is 0.118 e. The Bertz CT molecular complexity index is 608. The Morgan fingerprint density at radius 1 is 1.00 bits per heavy atom. The van der Waals surface area contributed by atoms with Gasteiger partial charge in [0.25, 0.3) is 0 Å². The number of ether oxygens (including phenoxy) is 4. The molecule has 0 saturated carbocycles. The van der Waals surface area contributed by atoms with E-state index in [0.29, 0.717) is 13.2 Å². The lowest BCUT2D eigenvalue weighted by Gasteiger charge is -2.16. The van der Waals surface area contributed by atoms with Gasteiger partial charge in [0.15, 0.2) is 0 Å². The fourth-order valence-electron chi connectivity index (χ4n) is 2.72. The Morgan fingerprint density at radius 2 is 1.72 bits per heavy atom. The summed E-state index contributed by atoms with van der Waals surface area (Å²) in [6, 6.07) is 18.2. The second kappa shape index (κ2) is 9.56. The lowest BCUT2D eigenvalue weighted by Crippen LogP contribution is -2.20. The largest absolute Gasteiger partial charge is 0.497 e. The van der Waals surface area contributed by atoms with Crippen molar-refractivity contribution in [2.24, 2.45) is 0 Å². The Kier molecular flexibility index (Phi) is 6.86. The summed E-state index contributed by atoms with van der Waals surface area (Å²) in [5.74, 6) is 0.867. The Morgan fingerprint density at radius 3 is 2.40 bits per heavy atom. The van der Waals surface area contributed by atoms with Crippen LogP contribution in [0, 0.1) is 0 Å². The van der Waals surface area contributed by atoms with E-state index >= 15 is 0 Å². The van der Waals surface area contributed by atoms with Crippen molar-refractivity contribution in [3.63, 3.8) is 0 Å². The van der Waals surface area contributed by atoms with E-state index in [-0.39, 0.29) is 12.2 Å². The highest BCUT2D eigenvalue weighted by molar-refractivity contribution is 5.26. The standard InChI is InChI=1S/C21H26O4/c1-22-19-11-9-18(10-12-19)14-23-13-5-8-20(21-16-25-21)24-15-17-6-3-2-4-7-17/h2-4,6-7,9-12,20-21H,5,8,13-16H2,1H3/t20-,21-/m0/s1. The van der Waals surface area contributed by atoms with Crippen LogP contribution in [0.3, 0.4) is 0 Å². The molecule has 1 aliphatic rings. The molecule has 25 heavy (non-hydrogen) atoms. The Labute approximate surface area is 149 Å². The molecule has 2 aromatic rings. The van der Waals surface area contributed by atoms with E-state index in [1.807, 2.05) is 42.5 Å². The highest BCUT2D eigenvalue weighted by Gasteiger charge is 2.33. The van der Waals surface area contributed by atoms with Gasteiger partial charge >= 0.3 is 0 Å². The average Bonchev–Trinajstić information content (AvgIpc) is 3.50. The molecular formula is C21H26O4. The minimum absolute atomic E-state index is 0.157. The number of benzene rings is 2. The van der Waals surface area contributed by atoms with Crippen molar-refractivity contribution in [2.75, 3.05) is 20.3 Å². The summed E-state index contributed by atoms with van der Waals surface area (Å²) in [7, 11) is 1.67. The molecule has 3 rings (SSSR count). The molecule has 2 atom stereocenters. The van der Waals surface area contributed by atoms with Crippen LogP contribution in [-0.4, -0.2) is 32.5 Å². The van der Waals surface area contributed by atoms with Crippen LogP contribution < -0.4 is 4.74 Å². The molecule has 0 bridgehead atoms. The first-order chi connectivity index (χ1) is 12.3. The Hall–Kier alpha value is -1.88. The van der Waals surface area contributed by atoms with Gasteiger partial charge in [-0.15, -0.1) is 0 Å². The van der Waals surface area contributed by atoms with Crippen LogP contribution in [0.5, 0.6) is 5.75 Å². The van der Waals surface area contributed by atoms with E-state index in [2.05, 4.69) is 12.1 Å². The van der Waals surface area contributed by atoms with Gasteiger partial charge in [-0.2, -0.15) is 0 Å². The first-order valence-electron chi connectivity index (χ1n) is 8.83. The van der Waals surface area contributed by atoms with E-state index in [4.69, 9.17) is 18.9 Å². The highest BCUT2D eigenvalue weighted by atomic mass is 16.6. The molecule has 1 fully saturated rings. The van der Waals surface area contributed by atoms with Gasteiger partial charge < -0.3 is 18.9 Å². The molecule has 0 N–H and O–H groups in total. The van der Waals surface area contributed by atoms with Crippen molar-refractivity contribution in [1.82, 2.24) is 0 Å². The lowest BCUT2D eigenvalue weighted by atomic mass is 10.1. The average molecular weight is 342 g/mol. The van der Waals surface area contributed by atoms with E-state index in [1.54, 1.807) is 7.11 Å². The normalized spacial score (nSPS) is 17.2. The maximum atomic E-state index is 6.05. The molecular weight excluding hydrogens is 316 g/mol. The van der Waals surface area contributed by atoms with Gasteiger partial charge in [0.1, 0.15) is 11.9 Å². The number of methoxy groups -OCH3 is 1. The molecule has 1 heterocycles. The quantitative estimate of drug-likeness (QED) is 0.457. The zero-order valence-electron chi connectivity index (χ0n) is 14.7. The van der Waals surface area contributed by atoms with Crippen LogP contribution in [0.1, 0.15) is 24.0 Å². The summed E-state index contributed by atoms with van der Waals surface area (Å²) in [4.78, 5) is 0. The minimum atomic E-state index is 0.157. The van der Waals surface area contributed by atoms with Gasteiger partial charge in [0.05, 0.1) is 33.0 Å². The Balaban J connectivity index is 1.33. The summed E-state index contributed by atoms with van der Waals surface area (Å²) in [6.07, 6.45) is 2.34. The fourth-order valence-corrected chi connectivity index (χ4v) is 2.72. The third-order valence-corrected chi connectivity index (χ3v) is 4.29. The van der Waals surface area contributed by atoms with Crippen molar-refractivity contribution in [2.45, 2.75) is 38.3 Å². The lowest BCUT2D eigenvalue weighted by molar-refractivity contribution is 0.00845. The number of rotatable bonds is 11. The van der Waals surface area contributed by atoms with Crippen molar-refractivity contribution >= 4 is 0 Å². The van der Waals surface area contributed by atoms with Gasteiger partial charge in [0.2, 0.25) is 0 Å². The van der Waals surface area contributed by atoms with Gasteiger partial charge in [-0.3, -0.25) is 0 Å². The van der Waals surface area contributed by atoms with Crippen molar-refractivity contribution in [1.29, 1.82) is 0 Å². The third kappa shape index (κ3) is 6.16. The van der Waals surface area contributed by atoms with Crippen molar-refractivity contribution in [3.05, 3.63) is 65.7 Å². The van der Waals surface area contributed by atoms with Gasteiger partial charge in [-0.05, 0) is 36.1 Å². The molecule has 0 aromatic heterocycles. The van der Waals surface area contributed by atoms with Crippen LogP contribution in [0.25, 0.3) is 0 Å². The molecule has 0 unspecified atom stereocenters. The first-order valence-corrected chi connectivity index (χ1v) is 8.83. The molecule has 4 nitrogen and oxygen atoms in total. The van der Waals surface area contributed by atoms with E-state index in [9.17, 15) is 0 Å². The molecule has 0 radical (unpaired) electrons. The monoisotopic (exact) mass is 342 g/mol. The maximum Gasteiger partial charge on any atom is 0.118 e. The molecule has 4 heteroatoms. The number of hydrogen-bond donors (Lipinski definition) is 0. The van der Waals surface area contributed by atoms with E-state index < -0.39 is 0 Å². The van der Waals surface area contributed by atoms with Gasteiger partial charge in [-0.1, -0.05) is 42.5 Å². The van der Waals surface area contributed by atoms with Crippen LogP contribution >= 0.6 is 0 Å². The molecule has 0 aliphatic carbocycles. The van der Waals surface area contributed by atoms with Gasteiger partial charge in [-0.25, -0.2) is 0 Å². The second-order valence-corrected chi connectivity index (χ2v) is 6.25. The van der Waals surface area contributed by atoms with Crippen molar-refractivity contribution < 1.29 is 18.9 Å². The van der Waals surface area contributed by atoms with Crippen LogP contribution in [-0.2, 0) is 27.4 Å². The minimum Gasteiger partial charge on any atom is -0.497 e. The molecule has 1 aliphatic heterocycles. The summed E-state index contributed by atoms with van der Waals surface area (Å²) < 4.78 is 22.4. The summed E-state index contributed by atoms with van der Waals surface area (Å²) in [6.45, 7) is 2.80. The third-order valence-electron chi connectivity index (χ3n) is 4.29. The first kappa shape index (κ1) is 17.9. The SMILES string of the molecule is COc1ccc(COCCC[C@H](OCc2ccccc2)[C@@H]2CO2)cc1. The van der Waals surface area contributed by atoms with Crippen LogP contribution in [0.4, 0.5) is 0 Å². The van der Waals surface area contributed by atoms with Crippen LogP contribution in [0.2, 0.25) is 0 Å². The maximum absolute atomic E-state index is 6.05. The molecule has 134 valence electrons. The fraction of sp³-hybridized carbons (Fsp3) is 0.429. The van der Waals surface area contributed by atoms with Gasteiger partial charge in [0, 0.05) is 6.61 Å². The van der Waals surface area contributed by atoms with E-state index in [1.165, 1.54) is 5.56 Å². The van der Waals surface area contributed by atoms with Crippen molar-refractivity contribution in [3.8, 4) is 5.75 Å². The predicted octanol–water partition coefficient (Wildman–Crippen LogP) is 3.98. The number of hydrogen-bond acceptors (Lipinski definition) is 4. The van der Waals surface area contributed by atoms with E-state index in [0.717, 1.165) is 37.4 Å². The highest BCUT2D eigenvalue weighted by Crippen LogP contribution is 2.22. The predicted molar refractivity (Wildman–Crippen MR) is 96.6 cm³/mol. The topological polar surface area (TPSA) is 40.2 Å². The summed E-state index contributed by atoms with van der Waals surface area (Å²) >= 11 is 0. The summed E-state index contributed by atoms with van der Waals surface area (Å²) in [5.41, 5.74) is 2.35. The molecule has 0 amide bonds. The molecule has 2 aromatic carbocycles. The molecule has 1 saturated heterocycles.